The van der Waals surface area contributed by atoms with E-state index >= 15 is 0 Å². The van der Waals surface area contributed by atoms with E-state index in [0.29, 0.717) is 19.4 Å². The second kappa shape index (κ2) is 9.53. The van der Waals surface area contributed by atoms with Gasteiger partial charge < -0.3 is 10.2 Å². The molecule has 6 nitrogen and oxygen atoms in total. The molecule has 1 aliphatic rings. The number of rotatable bonds is 7. The predicted molar refractivity (Wildman–Crippen MR) is 109 cm³/mol. The van der Waals surface area contributed by atoms with E-state index in [9.17, 15) is 9.59 Å². The van der Waals surface area contributed by atoms with Crippen LogP contribution in [-0.4, -0.2) is 46.1 Å². The topological polar surface area (TPSA) is 67.2 Å². The molecule has 2 heterocycles. The van der Waals surface area contributed by atoms with Crippen LogP contribution < -0.4 is 5.32 Å². The molecule has 0 atom stereocenters. The van der Waals surface area contributed by atoms with Crippen molar-refractivity contribution in [3.63, 3.8) is 0 Å². The third-order valence-electron chi connectivity index (χ3n) is 5.38. The Morgan fingerprint density at radius 2 is 1.93 bits per heavy atom. The molecule has 1 fully saturated rings. The number of carbonyl (C=O) groups excluding carboxylic acids is 2. The van der Waals surface area contributed by atoms with Gasteiger partial charge in [0.2, 0.25) is 11.8 Å². The SMILES string of the molecule is Cc1nn(-c2ccccc2)c(C)c1CC(=O)NCCCN1CCCCCC1=O. The van der Waals surface area contributed by atoms with Crippen LogP contribution in [0.1, 0.15) is 49.1 Å². The number of amides is 2. The summed E-state index contributed by atoms with van der Waals surface area (Å²) in [5, 5.41) is 7.59. The highest BCUT2D eigenvalue weighted by Crippen LogP contribution is 2.18. The molecule has 2 aromatic rings. The average Bonchev–Trinajstić information content (AvgIpc) is 2.84. The summed E-state index contributed by atoms with van der Waals surface area (Å²) in [5.74, 6) is 0.254. The van der Waals surface area contributed by atoms with Crippen molar-refractivity contribution in [3.8, 4) is 5.69 Å². The summed E-state index contributed by atoms with van der Waals surface area (Å²) in [7, 11) is 0. The molecule has 1 aromatic heterocycles. The zero-order valence-corrected chi connectivity index (χ0v) is 16.9. The van der Waals surface area contributed by atoms with Gasteiger partial charge in [0.1, 0.15) is 0 Å². The Labute approximate surface area is 166 Å². The van der Waals surface area contributed by atoms with Crippen LogP contribution in [0.5, 0.6) is 0 Å². The van der Waals surface area contributed by atoms with Crippen LogP contribution >= 0.6 is 0 Å². The molecular weight excluding hydrogens is 352 g/mol. The van der Waals surface area contributed by atoms with Crippen LogP contribution in [0, 0.1) is 13.8 Å². The first-order valence-corrected chi connectivity index (χ1v) is 10.2. The molecule has 150 valence electrons. The normalized spacial score (nSPS) is 14.8. The zero-order chi connectivity index (χ0) is 19.9. The molecule has 2 amide bonds. The average molecular weight is 383 g/mol. The minimum atomic E-state index is 0.000930. The number of likely N-dealkylation sites (tertiary alicyclic amines) is 1. The number of aromatic nitrogens is 2. The standard InChI is InChI=1S/C22H30N4O2/c1-17-20(18(2)26(24-17)19-10-5-3-6-11-19)16-21(27)23-13-9-15-25-14-8-4-7-12-22(25)28/h3,5-6,10-11H,4,7-9,12-16H2,1-2H3,(H,23,27). The monoisotopic (exact) mass is 382 g/mol. The summed E-state index contributed by atoms with van der Waals surface area (Å²) in [4.78, 5) is 26.4. The smallest absolute Gasteiger partial charge is 0.224 e. The van der Waals surface area contributed by atoms with Crippen LogP contribution in [0.3, 0.4) is 0 Å². The molecule has 0 unspecified atom stereocenters. The van der Waals surface area contributed by atoms with Gasteiger partial charge in [0.05, 0.1) is 17.8 Å². The minimum Gasteiger partial charge on any atom is -0.356 e. The molecule has 1 aromatic carbocycles. The lowest BCUT2D eigenvalue weighted by Crippen LogP contribution is -2.34. The second-order valence-electron chi connectivity index (χ2n) is 7.47. The molecule has 0 aliphatic carbocycles. The number of nitrogens with one attached hydrogen (secondary N) is 1. The summed E-state index contributed by atoms with van der Waals surface area (Å²) >= 11 is 0. The van der Waals surface area contributed by atoms with Crippen molar-refractivity contribution >= 4 is 11.8 Å². The summed E-state index contributed by atoms with van der Waals surface area (Å²) in [6.45, 7) is 6.11. The number of nitrogens with zero attached hydrogens (tertiary/aromatic N) is 3. The van der Waals surface area contributed by atoms with Gasteiger partial charge in [0.25, 0.3) is 0 Å². The van der Waals surface area contributed by atoms with E-state index in [1.165, 1.54) is 0 Å². The highest BCUT2D eigenvalue weighted by Gasteiger charge is 2.17. The fourth-order valence-electron chi connectivity index (χ4n) is 3.75. The summed E-state index contributed by atoms with van der Waals surface area (Å²) < 4.78 is 1.89. The van der Waals surface area contributed by atoms with Gasteiger partial charge in [0.15, 0.2) is 0 Å². The van der Waals surface area contributed by atoms with Crippen molar-refractivity contribution in [1.82, 2.24) is 20.0 Å². The maximum Gasteiger partial charge on any atom is 0.224 e. The van der Waals surface area contributed by atoms with Crippen molar-refractivity contribution in [2.24, 2.45) is 0 Å². The van der Waals surface area contributed by atoms with E-state index in [1.54, 1.807) is 0 Å². The van der Waals surface area contributed by atoms with E-state index in [2.05, 4.69) is 10.4 Å². The molecule has 0 radical (unpaired) electrons. The summed E-state index contributed by atoms with van der Waals surface area (Å²) in [5.41, 5.74) is 3.85. The molecule has 1 saturated heterocycles. The predicted octanol–water partition coefficient (Wildman–Crippen LogP) is 2.94. The Hall–Kier alpha value is -2.63. The maximum absolute atomic E-state index is 12.4. The lowest BCUT2D eigenvalue weighted by Gasteiger charge is -2.20. The fourth-order valence-corrected chi connectivity index (χ4v) is 3.75. The molecule has 28 heavy (non-hydrogen) atoms. The third kappa shape index (κ3) is 5.00. The van der Waals surface area contributed by atoms with Crippen molar-refractivity contribution in [2.75, 3.05) is 19.6 Å². The quantitative estimate of drug-likeness (QED) is 0.749. The first-order chi connectivity index (χ1) is 13.6. The molecule has 0 saturated carbocycles. The van der Waals surface area contributed by atoms with E-state index in [-0.39, 0.29) is 11.8 Å². The van der Waals surface area contributed by atoms with Gasteiger partial charge in [0, 0.05) is 37.3 Å². The number of para-hydroxylation sites is 1. The zero-order valence-electron chi connectivity index (χ0n) is 16.9. The van der Waals surface area contributed by atoms with Crippen LogP contribution in [0.15, 0.2) is 30.3 Å². The molecule has 6 heteroatoms. The van der Waals surface area contributed by atoms with Crippen LogP contribution in [-0.2, 0) is 16.0 Å². The van der Waals surface area contributed by atoms with Gasteiger partial charge in [-0.3, -0.25) is 9.59 Å². The first kappa shape index (κ1) is 20.1. The van der Waals surface area contributed by atoms with Gasteiger partial charge >= 0.3 is 0 Å². The van der Waals surface area contributed by atoms with E-state index in [4.69, 9.17) is 0 Å². The maximum atomic E-state index is 12.4. The Morgan fingerprint density at radius 1 is 1.14 bits per heavy atom. The highest BCUT2D eigenvalue weighted by molar-refractivity contribution is 5.79. The van der Waals surface area contributed by atoms with Crippen molar-refractivity contribution in [3.05, 3.63) is 47.3 Å². The number of hydrogen-bond acceptors (Lipinski definition) is 3. The first-order valence-electron chi connectivity index (χ1n) is 10.2. The third-order valence-corrected chi connectivity index (χ3v) is 5.38. The Balaban J connectivity index is 1.50. The molecular formula is C22H30N4O2. The lowest BCUT2D eigenvalue weighted by atomic mass is 10.1. The largest absolute Gasteiger partial charge is 0.356 e. The second-order valence-corrected chi connectivity index (χ2v) is 7.47. The lowest BCUT2D eigenvalue weighted by molar-refractivity contribution is -0.130. The van der Waals surface area contributed by atoms with Gasteiger partial charge in [-0.05, 0) is 45.2 Å². The van der Waals surface area contributed by atoms with Crippen LogP contribution in [0.4, 0.5) is 0 Å². The number of aryl methyl sites for hydroxylation is 1. The number of carbonyl (C=O) groups is 2. The van der Waals surface area contributed by atoms with E-state index < -0.39 is 0 Å². The minimum absolute atomic E-state index is 0.000930. The molecule has 0 spiro atoms. The van der Waals surface area contributed by atoms with Gasteiger partial charge in [-0.2, -0.15) is 5.10 Å². The Bertz CT molecular complexity index is 813. The van der Waals surface area contributed by atoms with Gasteiger partial charge in [-0.1, -0.05) is 24.6 Å². The van der Waals surface area contributed by atoms with Crippen molar-refractivity contribution in [2.45, 2.75) is 52.4 Å². The van der Waals surface area contributed by atoms with Gasteiger partial charge in [-0.25, -0.2) is 4.68 Å². The van der Waals surface area contributed by atoms with Crippen LogP contribution in [0.2, 0.25) is 0 Å². The van der Waals surface area contributed by atoms with Gasteiger partial charge in [-0.15, -0.1) is 0 Å². The Kier molecular flexibility index (Phi) is 6.85. The molecule has 1 N–H and O–H groups in total. The Morgan fingerprint density at radius 3 is 2.71 bits per heavy atom. The highest BCUT2D eigenvalue weighted by atomic mass is 16.2. The molecule has 0 bridgehead atoms. The molecule has 1 aliphatic heterocycles. The summed E-state index contributed by atoms with van der Waals surface area (Å²) in [6.07, 6.45) is 5.00. The summed E-state index contributed by atoms with van der Waals surface area (Å²) in [6, 6.07) is 9.95. The fraction of sp³-hybridized carbons (Fsp3) is 0.500. The van der Waals surface area contributed by atoms with Crippen molar-refractivity contribution < 1.29 is 9.59 Å². The van der Waals surface area contributed by atoms with Crippen molar-refractivity contribution in [1.29, 1.82) is 0 Å². The van der Waals surface area contributed by atoms with Crippen LogP contribution in [0.25, 0.3) is 5.69 Å². The number of benzene rings is 1. The van der Waals surface area contributed by atoms with E-state index in [1.807, 2.05) is 53.8 Å². The van der Waals surface area contributed by atoms with E-state index in [0.717, 1.165) is 61.4 Å². The molecule has 3 rings (SSSR count). The number of hydrogen-bond donors (Lipinski definition) is 1.